The lowest BCUT2D eigenvalue weighted by atomic mass is 10.1. The van der Waals surface area contributed by atoms with Crippen molar-refractivity contribution >= 4 is 15.9 Å². The molecule has 0 radical (unpaired) electrons. The van der Waals surface area contributed by atoms with Crippen LogP contribution in [0.4, 0.5) is 13.2 Å². The van der Waals surface area contributed by atoms with Crippen molar-refractivity contribution in [2.24, 2.45) is 0 Å². The van der Waals surface area contributed by atoms with Gasteiger partial charge in [0.1, 0.15) is 12.4 Å². The van der Waals surface area contributed by atoms with E-state index in [0.29, 0.717) is 5.75 Å². The van der Waals surface area contributed by atoms with Gasteiger partial charge in [0.15, 0.2) is 0 Å². The molecule has 2 aromatic rings. The molecule has 0 unspecified atom stereocenters. The number of ether oxygens (including phenoxy) is 1. The predicted octanol–water partition coefficient (Wildman–Crippen LogP) is 5.05. The van der Waals surface area contributed by atoms with E-state index < -0.39 is 11.7 Å². The number of rotatable bonds is 3. The molecule has 100 valence electrons. The molecule has 0 heterocycles. The van der Waals surface area contributed by atoms with Crippen molar-refractivity contribution in [3.05, 3.63) is 64.1 Å². The van der Waals surface area contributed by atoms with E-state index in [1.54, 1.807) is 24.3 Å². The smallest absolute Gasteiger partial charge is 0.416 e. The Morgan fingerprint density at radius 1 is 1.00 bits per heavy atom. The quantitative estimate of drug-likeness (QED) is 0.765. The molecule has 0 bridgehead atoms. The zero-order chi connectivity index (χ0) is 13.9. The molecule has 0 aliphatic rings. The van der Waals surface area contributed by atoms with Gasteiger partial charge < -0.3 is 4.74 Å². The van der Waals surface area contributed by atoms with Gasteiger partial charge >= 0.3 is 6.18 Å². The summed E-state index contributed by atoms with van der Waals surface area (Å²) in [5.41, 5.74) is -0.542. The molecule has 5 heteroatoms. The van der Waals surface area contributed by atoms with Crippen LogP contribution in [0.25, 0.3) is 0 Å². The Kier molecular flexibility index (Phi) is 4.14. The zero-order valence-electron chi connectivity index (χ0n) is 9.75. The van der Waals surface area contributed by atoms with E-state index in [-0.39, 0.29) is 12.2 Å². The summed E-state index contributed by atoms with van der Waals surface area (Å²) in [5.74, 6) is 0.520. The van der Waals surface area contributed by atoms with E-state index in [0.717, 1.165) is 10.5 Å². The fraction of sp³-hybridized carbons (Fsp3) is 0.143. The van der Waals surface area contributed by atoms with Crippen LogP contribution in [0, 0.1) is 0 Å². The van der Waals surface area contributed by atoms with Gasteiger partial charge in [-0.25, -0.2) is 0 Å². The average Bonchev–Trinajstić information content (AvgIpc) is 2.36. The summed E-state index contributed by atoms with van der Waals surface area (Å²) in [6, 6.07) is 12.4. The van der Waals surface area contributed by atoms with E-state index in [9.17, 15) is 13.2 Å². The Morgan fingerprint density at radius 3 is 2.42 bits per heavy atom. The molecular weight excluding hydrogens is 321 g/mol. The third kappa shape index (κ3) is 3.73. The summed E-state index contributed by atoms with van der Waals surface area (Å²) >= 11 is 3.27. The van der Waals surface area contributed by atoms with Crippen LogP contribution in [0.3, 0.4) is 0 Å². The van der Waals surface area contributed by atoms with Crippen molar-refractivity contribution in [2.75, 3.05) is 0 Å². The first kappa shape index (κ1) is 13.9. The van der Waals surface area contributed by atoms with Crippen LogP contribution in [0.2, 0.25) is 0 Å². The van der Waals surface area contributed by atoms with E-state index >= 15 is 0 Å². The molecule has 0 saturated carbocycles. The number of hydrogen-bond acceptors (Lipinski definition) is 1. The lowest BCUT2D eigenvalue weighted by Crippen LogP contribution is -2.10. The monoisotopic (exact) mass is 330 g/mol. The summed E-state index contributed by atoms with van der Waals surface area (Å²) < 4.78 is 44.5. The SMILES string of the molecule is FC(F)(F)c1ccccc1COc1cccc(Br)c1. The summed E-state index contributed by atoms with van der Waals surface area (Å²) in [6.45, 7) is -0.119. The minimum Gasteiger partial charge on any atom is -0.489 e. The van der Waals surface area contributed by atoms with Crippen LogP contribution in [-0.4, -0.2) is 0 Å². The van der Waals surface area contributed by atoms with Crippen LogP contribution in [0.1, 0.15) is 11.1 Å². The first-order valence-electron chi connectivity index (χ1n) is 5.50. The van der Waals surface area contributed by atoms with Crippen LogP contribution < -0.4 is 4.74 Å². The van der Waals surface area contributed by atoms with E-state index in [1.807, 2.05) is 6.07 Å². The Labute approximate surface area is 117 Å². The predicted molar refractivity (Wildman–Crippen MR) is 69.9 cm³/mol. The Bertz CT molecular complexity index is 567. The molecule has 19 heavy (non-hydrogen) atoms. The maximum absolute atomic E-state index is 12.8. The topological polar surface area (TPSA) is 9.23 Å². The summed E-state index contributed by atoms with van der Waals surface area (Å²) in [7, 11) is 0. The standard InChI is InChI=1S/C14H10BrF3O/c15-11-5-3-6-12(8-11)19-9-10-4-1-2-7-13(10)14(16,17)18/h1-8H,9H2. The van der Waals surface area contributed by atoms with Crippen LogP contribution in [0.5, 0.6) is 5.75 Å². The third-order valence-corrected chi connectivity index (χ3v) is 3.01. The second-order valence-corrected chi connectivity index (χ2v) is 4.82. The van der Waals surface area contributed by atoms with Crippen molar-refractivity contribution in [3.8, 4) is 5.75 Å². The van der Waals surface area contributed by atoms with Crippen LogP contribution in [-0.2, 0) is 12.8 Å². The van der Waals surface area contributed by atoms with E-state index in [2.05, 4.69) is 15.9 Å². The molecule has 2 rings (SSSR count). The molecule has 0 N–H and O–H groups in total. The van der Waals surface area contributed by atoms with Crippen molar-refractivity contribution < 1.29 is 17.9 Å². The highest BCUT2D eigenvalue weighted by atomic mass is 79.9. The lowest BCUT2D eigenvalue weighted by molar-refractivity contribution is -0.138. The molecule has 1 nitrogen and oxygen atoms in total. The highest BCUT2D eigenvalue weighted by Crippen LogP contribution is 2.32. The number of hydrogen-bond donors (Lipinski definition) is 0. The van der Waals surface area contributed by atoms with Gasteiger partial charge in [0, 0.05) is 10.0 Å². The maximum atomic E-state index is 12.8. The van der Waals surface area contributed by atoms with E-state index in [1.165, 1.54) is 12.1 Å². The molecule has 0 amide bonds. The lowest BCUT2D eigenvalue weighted by Gasteiger charge is -2.13. The maximum Gasteiger partial charge on any atom is 0.416 e. The Balaban J connectivity index is 2.16. The van der Waals surface area contributed by atoms with Gasteiger partial charge in [-0.2, -0.15) is 13.2 Å². The molecule has 0 aromatic heterocycles. The van der Waals surface area contributed by atoms with Gasteiger partial charge in [-0.15, -0.1) is 0 Å². The normalized spacial score (nSPS) is 11.4. The van der Waals surface area contributed by atoms with Crippen molar-refractivity contribution in [2.45, 2.75) is 12.8 Å². The van der Waals surface area contributed by atoms with Crippen LogP contribution in [0.15, 0.2) is 53.0 Å². The fourth-order valence-electron chi connectivity index (χ4n) is 1.64. The largest absolute Gasteiger partial charge is 0.489 e. The minimum absolute atomic E-state index is 0.119. The molecule has 0 aliphatic heterocycles. The van der Waals surface area contributed by atoms with Gasteiger partial charge in [-0.1, -0.05) is 40.2 Å². The van der Waals surface area contributed by atoms with Crippen molar-refractivity contribution in [3.63, 3.8) is 0 Å². The zero-order valence-corrected chi connectivity index (χ0v) is 11.3. The fourth-order valence-corrected chi connectivity index (χ4v) is 2.02. The first-order chi connectivity index (χ1) is 8.97. The Hall–Kier alpha value is -1.49. The highest BCUT2D eigenvalue weighted by Gasteiger charge is 2.32. The third-order valence-electron chi connectivity index (χ3n) is 2.51. The number of benzene rings is 2. The van der Waals surface area contributed by atoms with E-state index in [4.69, 9.17) is 4.74 Å². The molecule has 2 aromatic carbocycles. The van der Waals surface area contributed by atoms with Crippen molar-refractivity contribution in [1.29, 1.82) is 0 Å². The molecule has 0 saturated heterocycles. The summed E-state index contributed by atoms with van der Waals surface area (Å²) in [6.07, 6.45) is -4.36. The first-order valence-corrected chi connectivity index (χ1v) is 6.29. The van der Waals surface area contributed by atoms with Gasteiger partial charge in [-0.3, -0.25) is 0 Å². The minimum atomic E-state index is -4.36. The van der Waals surface area contributed by atoms with Gasteiger partial charge in [0.25, 0.3) is 0 Å². The second-order valence-electron chi connectivity index (χ2n) is 3.90. The second kappa shape index (κ2) is 5.65. The van der Waals surface area contributed by atoms with Gasteiger partial charge in [0.2, 0.25) is 0 Å². The number of halogens is 4. The van der Waals surface area contributed by atoms with Gasteiger partial charge in [0.05, 0.1) is 5.56 Å². The average molecular weight is 331 g/mol. The molecule has 0 aliphatic carbocycles. The summed E-state index contributed by atoms with van der Waals surface area (Å²) in [5, 5.41) is 0. The Morgan fingerprint density at radius 2 is 1.74 bits per heavy atom. The molecule has 0 spiro atoms. The summed E-state index contributed by atoms with van der Waals surface area (Å²) in [4.78, 5) is 0. The van der Waals surface area contributed by atoms with Gasteiger partial charge in [-0.05, 0) is 24.3 Å². The highest BCUT2D eigenvalue weighted by molar-refractivity contribution is 9.10. The van der Waals surface area contributed by atoms with Crippen molar-refractivity contribution in [1.82, 2.24) is 0 Å². The van der Waals surface area contributed by atoms with Crippen LogP contribution >= 0.6 is 15.9 Å². The molecular formula is C14H10BrF3O. The number of alkyl halides is 3. The molecule has 0 fully saturated rings. The molecule has 0 atom stereocenters.